The topological polar surface area (TPSA) is 55.5 Å². The summed E-state index contributed by atoms with van der Waals surface area (Å²) in [5.74, 6) is 0. The lowest BCUT2D eigenvalue weighted by molar-refractivity contribution is -0.0595. The SMILES string of the molecule is NC1(c2cccc(Br)c2)CCOCC1O. The Morgan fingerprint density at radius 2 is 2.33 bits per heavy atom. The minimum atomic E-state index is -0.679. The zero-order valence-electron chi connectivity index (χ0n) is 8.32. The van der Waals surface area contributed by atoms with Crippen molar-refractivity contribution in [1.29, 1.82) is 0 Å². The van der Waals surface area contributed by atoms with Crippen molar-refractivity contribution < 1.29 is 9.84 Å². The Hall–Kier alpha value is -0.420. The number of hydrogen-bond donors (Lipinski definition) is 2. The van der Waals surface area contributed by atoms with Gasteiger partial charge in [0.25, 0.3) is 0 Å². The number of ether oxygens (including phenoxy) is 1. The number of aliphatic hydroxyl groups is 1. The Kier molecular flexibility index (Phi) is 3.11. The molecule has 0 radical (unpaired) electrons. The second kappa shape index (κ2) is 4.22. The highest BCUT2D eigenvalue weighted by Crippen LogP contribution is 2.31. The van der Waals surface area contributed by atoms with E-state index in [1.54, 1.807) is 0 Å². The molecule has 0 aromatic heterocycles. The first kappa shape index (κ1) is 11.1. The predicted molar refractivity (Wildman–Crippen MR) is 61.5 cm³/mol. The van der Waals surface area contributed by atoms with Gasteiger partial charge in [-0.1, -0.05) is 28.1 Å². The lowest BCUT2D eigenvalue weighted by Gasteiger charge is -2.38. The summed E-state index contributed by atoms with van der Waals surface area (Å²) in [5, 5.41) is 9.91. The highest BCUT2D eigenvalue weighted by atomic mass is 79.9. The molecule has 1 aliphatic heterocycles. The van der Waals surface area contributed by atoms with E-state index >= 15 is 0 Å². The quantitative estimate of drug-likeness (QED) is 0.812. The van der Waals surface area contributed by atoms with Crippen molar-refractivity contribution in [2.75, 3.05) is 13.2 Å². The van der Waals surface area contributed by atoms with Gasteiger partial charge in [0, 0.05) is 11.1 Å². The summed E-state index contributed by atoms with van der Waals surface area (Å²) >= 11 is 3.40. The molecular weight excluding hydrogens is 258 g/mol. The summed E-state index contributed by atoms with van der Waals surface area (Å²) in [6, 6.07) is 7.77. The first-order valence-electron chi connectivity index (χ1n) is 4.94. The zero-order valence-corrected chi connectivity index (χ0v) is 9.90. The summed E-state index contributed by atoms with van der Waals surface area (Å²) in [7, 11) is 0. The van der Waals surface area contributed by atoms with Gasteiger partial charge >= 0.3 is 0 Å². The molecule has 2 unspecified atom stereocenters. The Morgan fingerprint density at radius 1 is 1.53 bits per heavy atom. The molecule has 3 N–H and O–H groups in total. The van der Waals surface area contributed by atoms with Crippen LogP contribution in [-0.4, -0.2) is 24.4 Å². The van der Waals surface area contributed by atoms with E-state index in [4.69, 9.17) is 10.5 Å². The molecule has 15 heavy (non-hydrogen) atoms. The third-order valence-electron chi connectivity index (χ3n) is 2.89. The Balaban J connectivity index is 2.34. The van der Waals surface area contributed by atoms with Crippen molar-refractivity contribution in [2.45, 2.75) is 18.1 Å². The van der Waals surface area contributed by atoms with E-state index in [1.807, 2.05) is 24.3 Å². The van der Waals surface area contributed by atoms with Gasteiger partial charge in [0.2, 0.25) is 0 Å². The lowest BCUT2D eigenvalue weighted by Crippen LogP contribution is -2.53. The average molecular weight is 272 g/mol. The van der Waals surface area contributed by atoms with E-state index in [9.17, 15) is 5.11 Å². The average Bonchev–Trinajstić information content (AvgIpc) is 2.23. The third kappa shape index (κ3) is 2.08. The molecule has 1 aliphatic rings. The summed E-state index contributed by atoms with van der Waals surface area (Å²) in [6.07, 6.45) is 0.00509. The third-order valence-corrected chi connectivity index (χ3v) is 3.39. The number of aliphatic hydroxyl groups excluding tert-OH is 1. The molecule has 1 aromatic rings. The normalized spacial score (nSPS) is 31.5. The van der Waals surface area contributed by atoms with Crippen LogP contribution in [0.2, 0.25) is 0 Å². The van der Waals surface area contributed by atoms with Gasteiger partial charge in [-0.3, -0.25) is 0 Å². The van der Waals surface area contributed by atoms with E-state index in [2.05, 4.69) is 15.9 Å². The van der Waals surface area contributed by atoms with Gasteiger partial charge in [0.15, 0.2) is 0 Å². The van der Waals surface area contributed by atoms with E-state index in [-0.39, 0.29) is 0 Å². The maximum Gasteiger partial charge on any atom is 0.0995 e. The zero-order chi connectivity index (χ0) is 10.9. The molecule has 1 aromatic carbocycles. The molecule has 0 bridgehead atoms. The van der Waals surface area contributed by atoms with Crippen molar-refractivity contribution >= 4 is 15.9 Å². The number of hydrogen-bond acceptors (Lipinski definition) is 3. The van der Waals surface area contributed by atoms with Crippen LogP contribution in [0, 0.1) is 0 Å². The Bertz CT molecular complexity index is 358. The molecule has 0 amide bonds. The first-order chi connectivity index (χ1) is 7.13. The fourth-order valence-electron chi connectivity index (χ4n) is 1.87. The first-order valence-corrected chi connectivity index (χ1v) is 5.73. The monoisotopic (exact) mass is 271 g/mol. The van der Waals surface area contributed by atoms with Crippen LogP contribution in [0.4, 0.5) is 0 Å². The molecule has 3 nitrogen and oxygen atoms in total. The molecule has 0 saturated carbocycles. The summed E-state index contributed by atoms with van der Waals surface area (Å²) in [6.45, 7) is 0.906. The van der Waals surface area contributed by atoms with Gasteiger partial charge in [-0.2, -0.15) is 0 Å². The fourth-order valence-corrected chi connectivity index (χ4v) is 2.27. The van der Waals surface area contributed by atoms with E-state index in [0.29, 0.717) is 19.6 Å². The standard InChI is InChI=1S/C11H14BrNO2/c12-9-3-1-2-8(6-9)11(13)4-5-15-7-10(11)14/h1-3,6,10,14H,4-5,7,13H2. The van der Waals surface area contributed by atoms with E-state index < -0.39 is 11.6 Å². The molecule has 1 fully saturated rings. The molecule has 0 aliphatic carbocycles. The molecule has 1 heterocycles. The van der Waals surface area contributed by atoms with Gasteiger partial charge in [-0.05, 0) is 24.1 Å². The van der Waals surface area contributed by atoms with Crippen LogP contribution < -0.4 is 5.73 Å². The number of benzene rings is 1. The van der Waals surface area contributed by atoms with Gasteiger partial charge in [-0.15, -0.1) is 0 Å². The Morgan fingerprint density at radius 3 is 3.00 bits per heavy atom. The van der Waals surface area contributed by atoms with Crippen molar-refractivity contribution in [3.8, 4) is 0 Å². The van der Waals surface area contributed by atoms with Crippen molar-refractivity contribution in [3.63, 3.8) is 0 Å². The van der Waals surface area contributed by atoms with Gasteiger partial charge in [0.05, 0.1) is 18.2 Å². The number of nitrogens with two attached hydrogens (primary N) is 1. The second-order valence-electron chi connectivity index (χ2n) is 3.89. The van der Waals surface area contributed by atoms with Gasteiger partial charge in [0.1, 0.15) is 0 Å². The summed E-state index contributed by atoms with van der Waals surface area (Å²) < 4.78 is 6.16. The van der Waals surface area contributed by atoms with Crippen LogP contribution in [0.25, 0.3) is 0 Å². The van der Waals surface area contributed by atoms with Crippen LogP contribution >= 0.6 is 15.9 Å². The molecule has 2 atom stereocenters. The van der Waals surface area contributed by atoms with Crippen molar-refractivity contribution in [3.05, 3.63) is 34.3 Å². The molecular formula is C11H14BrNO2. The van der Waals surface area contributed by atoms with E-state index in [0.717, 1.165) is 10.0 Å². The van der Waals surface area contributed by atoms with Crippen molar-refractivity contribution in [1.82, 2.24) is 0 Å². The lowest BCUT2D eigenvalue weighted by atomic mass is 9.82. The van der Waals surface area contributed by atoms with Crippen LogP contribution in [0.15, 0.2) is 28.7 Å². The molecule has 82 valence electrons. The maximum atomic E-state index is 9.91. The van der Waals surface area contributed by atoms with Crippen LogP contribution in [0.3, 0.4) is 0 Å². The van der Waals surface area contributed by atoms with E-state index in [1.165, 1.54) is 0 Å². The number of rotatable bonds is 1. The van der Waals surface area contributed by atoms with Gasteiger partial charge in [-0.25, -0.2) is 0 Å². The summed E-state index contributed by atoms with van der Waals surface area (Å²) in [4.78, 5) is 0. The number of halogens is 1. The van der Waals surface area contributed by atoms with Crippen LogP contribution in [0.5, 0.6) is 0 Å². The summed E-state index contributed by atoms with van der Waals surface area (Å²) in [5.41, 5.74) is 6.51. The largest absolute Gasteiger partial charge is 0.388 e. The second-order valence-corrected chi connectivity index (χ2v) is 4.81. The molecule has 2 rings (SSSR count). The molecule has 4 heteroatoms. The Labute approximate surface area is 97.4 Å². The van der Waals surface area contributed by atoms with Crippen LogP contribution in [-0.2, 0) is 10.3 Å². The van der Waals surface area contributed by atoms with Gasteiger partial charge < -0.3 is 15.6 Å². The maximum absolute atomic E-state index is 9.91. The van der Waals surface area contributed by atoms with Crippen LogP contribution in [0.1, 0.15) is 12.0 Å². The highest BCUT2D eigenvalue weighted by Gasteiger charge is 2.38. The fraction of sp³-hybridized carbons (Fsp3) is 0.455. The molecule has 0 spiro atoms. The smallest absolute Gasteiger partial charge is 0.0995 e. The predicted octanol–water partition coefficient (Wildman–Crippen LogP) is 1.38. The minimum absolute atomic E-state index is 0.309. The highest BCUT2D eigenvalue weighted by molar-refractivity contribution is 9.10. The van der Waals surface area contributed by atoms with Crippen molar-refractivity contribution in [2.24, 2.45) is 5.73 Å². The molecule has 1 saturated heterocycles. The minimum Gasteiger partial charge on any atom is -0.388 e.